The predicted octanol–water partition coefficient (Wildman–Crippen LogP) is 0.0841. The van der Waals surface area contributed by atoms with Crippen LogP contribution in [0.5, 0.6) is 0 Å². The summed E-state index contributed by atoms with van der Waals surface area (Å²) in [7, 11) is 0. The monoisotopic (exact) mass is 227 g/mol. The first-order valence-electron chi connectivity index (χ1n) is 2.12. The Balaban J connectivity index is 2.93. The van der Waals surface area contributed by atoms with Crippen LogP contribution in [0.1, 0.15) is 6.42 Å². The molecule has 0 rings (SSSR count). The lowest BCUT2D eigenvalue weighted by molar-refractivity contribution is -0.110. The molecule has 0 aliphatic rings. The molecule has 0 atom stereocenters. The van der Waals surface area contributed by atoms with Crippen molar-refractivity contribution in [2.24, 2.45) is 0 Å². The van der Waals surface area contributed by atoms with Crippen LogP contribution in [0.4, 0.5) is 0 Å². The van der Waals surface area contributed by atoms with Gasteiger partial charge in [-0.2, -0.15) is 0 Å². The molecule has 8 heavy (non-hydrogen) atoms. The van der Waals surface area contributed by atoms with Gasteiger partial charge in [-0.1, -0.05) is 0 Å². The van der Waals surface area contributed by atoms with Crippen LogP contribution in [0.2, 0.25) is 0 Å². The van der Waals surface area contributed by atoms with Crippen LogP contribution < -0.4 is 5.32 Å². The summed E-state index contributed by atoms with van der Waals surface area (Å²) >= 11 is 1.69. The van der Waals surface area contributed by atoms with Gasteiger partial charge in [0.25, 0.3) is 0 Å². The van der Waals surface area contributed by atoms with Crippen LogP contribution in [0.25, 0.3) is 0 Å². The number of nitrogens with one attached hydrogen (secondary N) is 1. The summed E-state index contributed by atoms with van der Waals surface area (Å²) in [6.07, 6.45) is 0.999. The molecule has 0 bridgehead atoms. The molecule has 0 saturated heterocycles. The Morgan fingerprint density at radius 3 is 2.75 bits per heavy atom. The highest BCUT2D eigenvalue weighted by Gasteiger charge is 1.90. The van der Waals surface area contributed by atoms with Gasteiger partial charge >= 0.3 is 0 Å². The van der Waals surface area contributed by atoms with E-state index in [0.29, 0.717) is 19.4 Å². The van der Waals surface area contributed by atoms with Gasteiger partial charge in [0.1, 0.15) is 0 Å². The normalized spacial score (nSPS) is 8.12. The van der Waals surface area contributed by atoms with Crippen molar-refractivity contribution in [3.05, 3.63) is 0 Å². The molecule has 0 unspecified atom stereocenters. The van der Waals surface area contributed by atoms with E-state index in [1.165, 1.54) is 0 Å². The van der Waals surface area contributed by atoms with E-state index in [9.17, 15) is 9.59 Å². The van der Waals surface area contributed by atoms with Gasteiger partial charge in [-0.05, 0) is 22.6 Å². The summed E-state index contributed by atoms with van der Waals surface area (Å²) in [6, 6.07) is 0. The Kier molecular flexibility index (Phi) is 4.93. The summed E-state index contributed by atoms with van der Waals surface area (Å²) < 4.78 is 0.0666. The SMILES string of the molecule is O=CNCCC(=O)I. The van der Waals surface area contributed by atoms with E-state index < -0.39 is 0 Å². The predicted molar refractivity (Wildman–Crippen MR) is 37.7 cm³/mol. The molecule has 0 fully saturated rings. The second-order valence-corrected chi connectivity index (χ2v) is 2.38. The van der Waals surface area contributed by atoms with Crippen LogP contribution in [-0.4, -0.2) is 16.7 Å². The highest BCUT2D eigenvalue weighted by molar-refractivity contribution is 14.1. The Morgan fingerprint density at radius 2 is 2.38 bits per heavy atom. The van der Waals surface area contributed by atoms with Gasteiger partial charge in [-0.15, -0.1) is 0 Å². The maximum Gasteiger partial charge on any atom is 0.207 e. The van der Waals surface area contributed by atoms with E-state index in [1.807, 2.05) is 0 Å². The van der Waals surface area contributed by atoms with Gasteiger partial charge in [0.05, 0.1) is 0 Å². The lowest BCUT2D eigenvalue weighted by Gasteiger charge is -1.89. The summed E-state index contributed by atoms with van der Waals surface area (Å²) in [5, 5.41) is 2.37. The third-order valence-corrected chi connectivity index (χ3v) is 1.09. The van der Waals surface area contributed by atoms with Crippen molar-refractivity contribution in [3.63, 3.8) is 0 Å². The highest BCUT2D eigenvalue weighted by Crippen LogP contribution is 1.88. The van der Waals surface area contributed by atoms with E-state index in [4.69, 9.17) is 0 Å². The molecule has 0 aromatic rings. The van der Waals surface area contributed by atoms with Crippen LogP contribution >= 0.6 is 22.6 Å². The van der Waals surface area contributed by atoms with Crippen molar-refractivity contribution >= 4 is 32.8 Å². The number of carbonyl (C=O) groups is 2. The molecule has 4 heteroatoms. The largest absolute Gasteiger partial charge is 0.358 e. The molecular formula is C4H6INO2. The minimum Gasteiger partial charge on any atom is -0.358 e. The van der Waals surface area contributed by atoms with E-state index in [0.717, 1.165) is 0 Å². The lowest BCUT2D eigenvalue weighted by Crippen LogP contribution is -2.13. The number of carbonyl (C=O) groups excluding carboxylic acids is 2. The third-order valence-electron chi connectivity index (χ3n) is 0.549. The van der Waals surface area contributed by atoms with Crippen LogP contribution in [0, 0.1) is 0 Å². The topological polar surface area (TPSA) is 46.2 Å². The van der Waals surface area contributed by atoms with Crippen LogP contribution in [0.3, 0.4) is 0 Å². The number of rotatable bonds is 4. The van der Waals surface area contributed by atoms with Gasteiger partial charge in [0, 0.05) is 13.0 Å². The standard InChI is InChI=1S/C4H6INO2/c5-4(8)1-2-6-3-7/h3H,1-2H2,(H,6,7). The van der Waals surface area contributed by atoms with Gasteiger partial charge in [-0.25, -0.2) is 0 Å². The molecule has 0 aromatic carbocycles. The van der Waals surface area contributed by atoms with E-state index >= 15 is 0 Å². The first-order chi connectivity index (χ1) is 3.77. The number of hydrogen-bond donors (Lipinski definition) is 1. The van der Waals surface area contributed by atoms with Gasteiger partial charge in [-0.3, -0.25) is 9.59 Å². The molecular weight excluding hydrogens is 221 g/mol. The Bertz CT molecular complexity index is 94.0. The fraction of sp³-hybridized carbons (Fsp3) is 0.500. The Hall–Kier alpha value is -0.130. The summed E-state index contributed by atoms with van der Waals surface area (Å²) in [5.41, 5.74) is 0. The fourth-order valence-electron chi connectivity index (χ4n) is 0.229. The zero-order chi connectivity index (χ0) is 6.41. The third kappa shape index (κ3) is 5.87. The maximum absolute atomic E-state index is 10.1. The van der Waals surface area contributed by atoms with Gasteiger partial charge in [0.15, 0.2) is 3.79 Å². The first-order valence-corrected chi connectivity index (χ1v) is 3.20. The molecule has 0 saturated carbocycles. The average Bonchev–Trinajstić information content (AvgIpc) is 1.66. The van der Waals surface area contributed by atoms with Gasteiger partial charge in [0.2, 0.25) is 6.41 Å². The molecule has 1 N–H and O–H groups in total. The minimum atomic E-state index is 0.0666. The maximum atomic E-state index is 10.1. The van der Waals surface area contributed by atoms with Crippen LogP contribution in [-0.2, 0) is 9.59 Å². The number of halogens is 1. The Morgan fingerprint density at radius 1 is 1.75 bits per heavy atom. The van der Waals surface area contributed by atoms with Crippen molar-refractivity contribution in [1.29, 1.82) is 0 Å². The van der Waals surface area contributed by atoms with E-state index in [1.54, 1.807) is 22.6 Å². The average molecular weight is 227 g/mol. The van der Waals surface area contributed by atoms with E-state index in [-0.39, 0.29) is 3.79 Å². The summed E-state index contributed by atoms with van der Waals surface area (Å²) in [5.74, 6) is 0. The smallest absolute Gasteiger partial charge is 0.207 e. The summed E-state index contributed by atoms with van der Waals surface area (Å²) in [4.78, 5) is 19.7. The molecule has 0 aliphatic heterocycles. The molecule has 0 aromatic heterocycles. The quantitative estimate of drug-likeness (QED) is 0.320. The number of amides is 1. The van der Waals surface area contributed by atoms with Crippen LogP contribution in [0.15, 0.2) is 0 Å². The van der Waals surface area contributed by atoms with Crippen molar-refractivity contribution < 1.29 is 9.59 Å². The minimum absolute atomic E-state index is 0.0666. The zero-order valence-corrected chi connectivity index (χ0v) is 6.34. The van der Waals surface area contributed by atoms with Crippen molar-refractivity contribution in [2.45, 2.75) is 6.42 Å². The first kappa shape index (κ1) is 7.87. The van der Waals surface area contributed by atoms with E-state index in [2.05, 4.69) is 5.32 Å². The lowest BCUT2D eigenvalue weighted by atomic mass is 10.5. The molecule has 46 valence electrons. The zero-order valence-electron chi connectivity index (χ0n) is 4.19. The molecule has 0 spiro atoms. The van der Waals surface area contributed by atoms with Crippen molar-refractivity contribution in [1.82, 2.24) is 5.32 Å². The molecule has 3 nitrogen and oxygen atoms in total. The highest BCUT2D eigenvalue weighted by atomic mass is 127. The second kappa shape index (κ2) is 5.02. The summed E-state index contributed by atoms with van der Waals surface area (Å²) in [6.45, 7) is 0.450. The Labute approximate surface area is 61.0 Å². The fourth-order valence-corrected chi connectivity index (χ4v) is 0.499. The van der Waals surface area contributed by atoms with Crippen molar-refractivity contribution in [2.75, 3.05) is 6.54 Å². The molecule has 0 aliphatic carbocycles. The van der Waals surface area contributed by atoms with Crippen molar-refractivity contribution in [3.8, 4) is 0 Å². The molecule has 1 amide bonds. The molecule has 0 radical (unpaired) electrons. The van der Waals surface area contributed by atoms with Gasteiger partial charge < -0.3 is 5.32 Å². The molecule has 0 heterocycles. The number of hydrogen-bond acceptors (Lipinski definition) is 2. The second-order valence-electron chi connectivity index (χ2n) is 1.18.